The topological polar surface area (TPSA) is 41.6 Å². The van der Waals surface area contributed by atoms with E-state index in [0.29, 0.717) is 18.4 Å². The molecule has 0 radical (unpaired) electrons. The molecule has 1 aliphatic heterocycles. The van der Waals surface area contributed by atoms with Gasteiger partial charge in [-0.15, -0.1) is 0 Å². The van der Waals surface area contributed by atoms with Crippen LogP contribution in [-0.2, 0) is 9.53 Å². The van der Waals surface area contributed by atoms with Gasteiger partial charge >= 0.3 is 0 Å². The van der Waals surface area contributed by atoms with E-state index in [1.54, 1.807) is 7.11 Å². The van der Waals surface area contributed by atoms with Gasteiger partial charge in [0.1, 0.15) is 0 Å². The van der Waals surface area contributed by atoms with Crippen LogP contribution in [0, 0.1) is 5.92 Å². The summed E-state index contributed by atoms with van der Waals surface area (Å²) in [5.74, 6) is 1.08. The molecule has 1 amide bonds. The van der Waals surface area contributed by atoms with Gasteiger partial charge in [-0.3, -0.25) is 4.79 Å². The minimum Gasteiger partial charge on any atom is -0.382 e. The number of ether oxygens (including phenoxy) is 1. The van der Waals surface area contributed by atoms with Crippen molar-refractivity contribution < 1.29 is 9.53 Å². The van der Waals surface area contributed by atoms with Crippen LogP contribution in [0.4, 0.5) is 0 Å². The molecule has 0 bridgehead atoms. The molecule has 0 aromatic carbocycles. The molecule has 2 aliphatic rings. The molecule has 2 unspecified atom stereocenters. The van der Waals surface area contributed by atoms with Crippen LogP contribution in [0.25, 0.3) is 0 Å². The monoisotopic (exact) mass is 268 g/mol. The van der Waals surface area contributed by atoms with Crippen LogP contribution in [0.5, 0.6) is 0 Å². The highest BCUT2D eigenvalue weighted by Gasteiger charge is 2.28. The number of rotatable bonds is 8. The molecule has 0 aromatic heterocycles. The summed E-state index contributed by atoms with van der Waals surface area (Å²) in [6, 6.07) is 0.516. The van der Waals surface area contributed by atoms with E-state index in [4.69, 9.17) is 4.74 Å². The molecule has 1 heterocycles. The van der Waals surface area contributed by atoms with Crippen LogP contribution in [0.3, 0.4) is 0 Å². The predicted octanol–water partition coefficient (Wildman–Crippen LogP) is 1.79. The molecule has 4 nitrogen and oxygen atoms in total. The molecule has 1 saturated carbocycles. The number of hydrogen-bond acceptors (Lipinski definition) is 3. The molecular weight excluding hydrogens is 240 g/mol. The Morgan fingerprint density at radius 3 is 2.74 bits per heavy atom. The Balaban J connectivity index is 1.78. The Morgan fingerprint density at radius 1 is 1.37 bits per heavy atom. The maximum absolute atomic E-state index is 12.4. The number of methoxy groups -OCH3 is 1. The summed E-state index contributed by atoms with van der Waals surface area (Å²) in [6.45, 7) is 5.00. The van der Waals surface area contributed by atoms with E-state index in [-0.39, 0.29) is 6.10 Å². The molecule has 1 saturated heterocycles. The number of nitrogens with zero attached hydrogens (tertiary/aromatic N) is 1. The van der Waals surface area contributed by atoms with Crippen molar-refractivity contribution in [3.63, 3.8) is 0 Å². The van der Waals surface area contributed by atoms with Crippen molar-refractivity contribution in [1.82, 2.24) is 10.2 Å². The van der Waals surface area contributed by atoms with Gasteiger partial charge in [0.05, 0.1) is 6.10 Å². The van der Waals surface area contributed by atoms with Gasteiger partial charge in [-0.25, -0.2) is 0 Å². The van der Waals surface area contributed by atoms with Gasteiger partial charge in [0.15, 0.2) is 0 Å². The number of carbonyl (C=O) groups excluding carboxylic acids is 1. The largest absolute Gasteiger partial charge is 0.382 e. The number of amides is 1. The SMILES string of the molecule is COC(C)CCC(=O)N(CC1CC1)CC1CCCN1. The van der Waals surface area contributed by atoms with Crippen molar-refractivity contribution in [2.45, 2.75) is 57.6 Å². The Hall–Kier alpha value is -0.610. The third kappa shape index (κ3) is 5.11. The Labute approximate surface area is 116 Å². The maximum atomic E-state index is 12.4. The second kappa shape index (κ2) is 7.25. The van der Waals surface area contributed by atoms with E-state index in [9.17, 15) is 4.79 Å². The lowest BCUT2D eigenvalue weighted by Gasteiger charge is -2.26. The summed E-state index contributed by atoms with van der Waals surface area (Å²) in [4.78, 5) is 14.5. The fourth-order valence-corrected chi connectivity index (χ4v) is 2.67. The lowest BCUT2D eigenvalue weighted by molar-refractivity contribution is -0.132. The summed E-state index contributed by atoms with van der Waals surface area (Å²) in [7, 11) is 1.71. The third-order valence-corrected chi connectivity index (χ3v) is 4.30. The first-order valence-corrected chi connectivity index (χ1v) is 7.73. The molecule has 0 aromatic rings. The van der Waals surface area contributed by atoms with Gasteiger partial charge in [0, 0.05) is 32.7 Å². The highest BCUT2D eigenvalue weighted by molar-refractivity contribution is 5.76. The van der Waals surface area contributed by atoms with Crippen molar-refractivity contribution in [2.24, 2.45) is 5.92 Å². The summed E-state index contributed by atoms with van der Waals surface area (Å²) in [5, 5.41) is 3.49. The van der Waals surface area contributed by atoms with E-state index in [1.165, 1.54) is 25.7 Å². The zero-order valence-electron chi connectivity index (χ0n) is 12.4. The van der Waals surface area contributed by atoms with E-state index < -0.39 is 0 Å². The van der Waals surface area contributed by atoms with Gasteiger partial charge < -0.3 is 15.0 Å². The van der Waals surface area contributed by atoms with Crippen molar-refractivity contribution in [2.75, 3.05) is 26.7 Å². The van der Waals surface area contributed by atoms with E-state index in [0.717, 1.165) is 32.0 Å². The Morgan fingerprint density at radius 2 is 2.16 bits per heavy atom. The lowest BCUT2D eigenvalue weighted by atomic mass is 10.1. The molecular formula is C15H28N2O2. The minimum absolute atomic E-state index is 0.177. The average molecular weight is 268 g/mol. The van der Waals surface area contributed by atoms with Crippen molar-refractivity contribution in [3.05, 3.63) is 0 Å². The highest BCUT2D eigenvalue weighted by Crippen LogP contribution is 2.30. The minimum atomic E-state index is 0.177. The van der Waals surface area contributed by atoms with Crippen LogP contribution >= 0.6 is 0 Å². The molecule has 1 N–H and O–H groups in total. The summed E-state index contributed by atoms with van der Waals surface area (Å²) >= 11 is 0. The van der Waals surface area contributed by atoms with Crippen LogP contribution in [0.2, 0.25) is 0 Å². The number of carbonyl (C=O) groups is 1. The van der Waals surface area contributed by atoms with E-state index in [2.05, 4.69) is 10.2 Å². The first-order chi connectivity index (χ1) is 9.19. The van der Waals surface area contributed by atoms with Gasteiger partial charge in [-0.1, -0.05) is 0 Å². The first-order valence-electron chi connectivity index (χ1n) is 7.73. The van der Waals surface area contributed by atoms with Gasteiger partial charge in [-0.2, -0.15) is 0 Å². The molecule has 19 heavy (non-hydrogen) atoms. The second-order valence-electron chi connectivity index (χ2n) is 6.12. The third-order valence-electron chi connectivity index (χ3n) is 4.30. The van der Waals surface area contributed by atoms with Crippen molar-refractivity contribution in [3.8, 4) is 0 Å². The van der Waals surface area contributed by atoms with Gasteiger partial charge in [-0.05, 0) is 51.5 Å². The fraction of sp³-hybridized carbons (Fsp3) is 0.933. The van der Waals surface area contributed by atoms with Crippen LogP contribution in [0.1, 0.15) is 45.4 Å². The highest BCUT2D eigenvalue weighted by atomic mass is 16.5. The van der Waals surface area contributed by atoms with Crippen LogP contribution < -0.4 is 5.32 Å². The Bertz CT molecular complexity index is 286. The molecule has 2 rings (SSSR count). The first kappa shape index (κ1) is 14.8. The van der Waals surface area contributed by atoms with E-state index in [1.807, 2.05) is 6.92 Å². The summed E-state index contributed by atoms with van der Waals surface area (Å²) in [5.41, 5.74) is 0. The number of hydrogen-bond donors (Lipinski definition) is 1. The zero-order chi connectivity index (χ0) is 13.7. The van der Waals surface area contributed by atoms with Crippen LogP contribution in [0.15, 0.2) is 0 Å². The lowest BCUT2D eigenvalue weighted by Crippen LogP contribution is -2.42. The summed E-state index contributed by atoms with van der Waals surface area (Å²) < 4.78 is 5.22. The van der Waals surface area contributed by atoms with Crippen molar-refractivity contribution >= 4 is 5.91 Å². The van der Waals surface area contributed by atoms with E-state index >= 15 is 0 Å². The smallest absolute Gasteiger partial charge is 0.222 e. The zero-order valence-corrected chi connectivity index (χ0v) is 12.4. The van der Waals surface area contributed by atoms with Gasteiger partial charge in [0.2, 0.25) is 5.91 Å². The quantitative estimate of drug-likeness (QED) is 0.730. The van der Waals surface area contributed by atoms with Crippen molar-refractivity contribution in [1.29, 1.82) is 0 Å². The molecule has 4 heteroatoms. The maximum Gasteiger partial charge on any atom is 0.222 e. The van der Waals surface area contributed by atoms with Gasteiger partial charge in [0.25, 0.3) is 0 Å². The molecule has 110 valence electrons. The van der Waals surface area contributed by atoms with Crippen LogP contribution in [-0.4, -0.2) is 49.7 Å². The molecule has 2 atom stereocenters. The second-order valence-corrected chi connectivity index (χ2v) is 6.12. The standard InChI is InChI=1S/C15H28N2O2/c1-12(19-2)5-8-15(18)17(10-13-6-7-13)11-14-4-3-9-16-14/h12-14,16H,3-11H2,1-2H3. The summed E-state index contributed by atoms with van der Waals surface area (Å²) in [6.07, 6.45) is 6.69. The average Bonchev–Trinajstić information content (AvgIpc) is 3.08. The molecule has 1 aliphatic carbocycles. The predicted molar refractivity (Wildman–Crippen MR) is 76.0 cm³/mol. The molecule has 0 spiro atoms. The molecule has 2 fully saturated rings. The Kier molecular flexibility index (Phi) is 5.64. The number of nitrogens with one attached hydrogen (secondary N) is 1. The fourth-order valence-electron chi connectivity index (χ4n) is 2.67. The normalized spacial score (nSPS) is 24.4.